The van der Waals surface area contributed by atoms with Crippen LogP contribution in [-0.2, 0) is 6.54 Å². The van der Waals surface area contributed by atoms with Crippen molar-refractivity contribution in [3.8, 4) is 10.6 Å². The third-order valence-corrected chi connectivity index (χ3v) is 7.49. The number of nitrogens with one attached hydrogen (secondary N) is 2. The van der Waals surface area contributed by atoms with Crippen molar-refractivity contribution >= 4 is 33.3 Å². The first kappa shape index (κ1) is 24.4. The first-order valence-electron chi connectivity index (χ1n) is 11.5. The molecule has 0 unspecified atom stereocenters. The van der Waals surface area contributed by atoms with Gasteiger partial charge < -0.3 is 26.0 Å². The van der Waals surface area contributed by atoms with Crippen molar-refractivity contribution in [3.63, 3.8) is 0 Å². The van der Waals surface area contributed by atoms with Crippen molar-refractivity contribution in [3.05, 3.63) is 65.4 Å². The number of hydrogen-bond donors (Lipinski definition) is 5. The lowest BCUT2D eigenvalue weighted by Crippen LogP contribution is -2.35. The van der Waals surface area contributed by atoms with E-state index in [0.717, 1.165) is 10.2 Å². The fourth-order valence-electron chi connectivity index (χ4n) is 4.48. The normalized spacial score (nSPS) is 21.7. The van der Waals surface area contributed by atoms with E-state index in [2.05, 4.69) is 20.6 Å². The number of rotatable bonds is 7. The number of benzene rings is 2. The van der Waals surface area contributed by atoms with Gasteiger partial charge in [-0.3, -0.25) is 0 Å². The highest BCUT2D eigenvalue weighted by molar-refractivity contribution is 7.21. The van der Waals surface area contributed by atoms with Crippen molar-refractivity contribution in [2.75, 3.05) is 17.2 Å². The molecule has 5 rings (SSSR count). The molecule has 2 aromatic carbocycles. The summed E-state index contributed by atoms with van der Waals surface area (Å²) in [5.74, 6) is -1.35. The molecule has 4 atom stereocenters. The monoisotopic (exact) mass is 513 g/mol. The highest BCUT2D eigenvalue weighted by Crippen LogP contribution is 2.38. The van der Waals surface area contributed by atoms with Gasteiger partial charge in [-0.25, -0.2) is 18.7 Å². The first-order valence-corrected chi connectivity index (χ1v) is 12.3. The zero-order chi connectivity index (χ0) is 25.4. The minimum Gasteiger partial charge on any atom is -0.396 e. The SMILES string of the molecule is Cc1nc(NCc2c(F)cccc2F)nc(N[C@@H]2C[C@H](CO)[C@@H](O)[C@H]2O)c1-c1nc2ccccc2s1. The van der Waals surface area contributed by atoms with E-state index in [0.29, 0.717) is 28.5 Å². The number of hydrogen-bond acceptors (Lipinski definition) is 9. The maximum atomic E-state index is 14.1. The van der Waals surface area contributed by atoms with Gasteiger partial charge in [0.2, 0.25) is 5.95 Å². The summed E-state index contributed by atoms with van der Waals surface area (Å²) < 4.78 is 29.2. The molecule has 1 saturated carbocycles. The number of aryl methyl sites for hydroxylation is 1. The van der Waals surface area contributed by atoms with Crippen LogP contribution in [0, 0.1) is 24.5 Å². The van der Waals surface area contributed by atoms with Crippen LogP contribution >= 0.6 is 11.3 Å². The topological polar surface area (TPSA) is 123 Å². The summed E-state index contributed by atoms with van der Waals surface area (Å²) in [4.78, 5) is 13.8. The van der Waals surface area contributed by atoms with Crippen LogP contribution in [0.1, 0.15) is 17.7 Å². The molecule has 2 heterocycles. The number of thiazole rings is 1. The number of halogens is 2. The minimum atomic E-state index is -1.12. The second-order valence-electron chi connectivity index (χ2n) is 8.81. The molecule has 8 nitrogen and oxygen atoms in total. The van der Waals surface area contributed by atoms with Crippen molar-refractivity contribution in [1.29, 1.82) is 0 Å². The van der Waals surface area contributed by atoms with E-state index < -0.39 is 35.8 Å². The zero-order valence-electron chi connectivity index (χ0n) is 19.3. The summed E-state index contributed by atoms with van der Waals surface area (Å²) in [7, 11) is 0. The molecule has 5 N–H and O–H groups in total. The molecule has 1 fully saturated rings. The van der Waals surface area contributed by atoms with Gasteiger partial charge in [0.1, 0.15) is 28.6 Å². The maximum absolute atomic E-state index is 14.1. The summed E-state index contributed by atoms with van der Waals surface area (Å²) in [5, 5.41) is 37.2. The van der Waals surface area contributed by atoms with Crippen molar-refractivity contribution in [2.45, 2.75) is 38.1 Å². The number of anilines is 2. The van der Waals surface area contributed by atoms with Crippen LogP contribution in [-0.4, -0.2) is 55.1 Å². The van der Waals surface area contributed by atoms with Gasteiger partial charge in [0.05, 0.1) is 33.6 Å². The van der Waals surface area contributed by atoms with Crippen LogP contribution in [0.5, 0.6) is 0 Å². The van der Waals surface area contributed by atoms with Crippen LogP contribution in [0.15, 0.2) is 42.5 Å². The molecule has 0 radical (unpaired) electrons. The third-order valence-electron chi connectivity index (χ3n) is 6.44. The fourth-order valence-corrected chi connectivity index (χ4v) is 5.55. The minimum absolute atomic E-state index is 0.134. The van der Waals surface area contributed by atoms with Gasteiger partial charge in [-0.05, 0) is 37.6 Å². The molecule has 0 aliphatic heterocycles. The van der Waals surface area contributed by atoms with Gasteiger partial charge in [-0.1, -0.05) is 18.2 Å². The van der Waals surface area contributed by atoms with E-state index in [1.165, 1.54) is 29.5 Å². The van der Waals surface area contributed by atoms with Crippen molar-refractivity contribution in [2.24, 2.45) is 5.92 Å². The molecule has 11 heteroatoms. The largest absolute Gasteiger partial charge is 0.396 e. The third kappa shape index (κ3) is 4.62. The Kier molecular flexibility index (Phi) is 6.80. The smallest absolute Gasteiger partial charge is 0.225 e. The molecule has 0 amide bonds. The molecule has 0 saturated heterocycles. The van der Waals surface area contributed by atoms with Crippen LogP contribution in [0.3, 0.4) is 0 Å². The molecule has 1 aliphatic rings. The molecule has 4 aromatic rings. The molecule has 0 spiro atoms. The maximum Gasteiger partial charge on any atom is 0.225 e. The van der Waals surface area contributed by atoms with Gasteiger partial charge in [0.15, 0.2) is 0 Å². The Labute approximate surface area is 209 Å². The molecule has 36 heavy (non-hydrogen) atoms. The number of aliphatic hydroxyl groups is 3. The second-order valence-corrected chi connectivity index (χ2v) is 9.84. The Bertz CT molecular complexity index is 1350. The summed E-state index contributed by atoms with van der Waals surface area (Å²) in [6.07, 6.45) is -1.88. The first-order chi connectivity index (χ1) is 17.4. The highest BCUT2D eigenvalue weighted by atomic mass is 32.1. The number of fused-ring (bicyclic) bond motifs is 1. The number of nitrogens with zero attached hydrogens (tertiary/aromatic N) is 3. The van der Waals surface area contributed by atoms with Crippen LogP contribution in [0.25, 0.3) is 20.8 Å². The van der Waals surface area contributed by atoms with E-state index in [9.17, 15) is 24.1 Å². The summed E-state index contributed by atoms with van der Waals surface area (Å²) >= 11 is 1.46. The van der Waals surface area contributed by atoms with E-state index in [-0.39, 0.29) is 24.7 Å². The zero-order valence-corrected chi connectivity index (χ0v) is 20.1. The molecular weight excluding hydrogens is 488 g/mol. The van der Waals surface area contributed by atoms with Crippen molar-refractivity contribution < 1.29 is 24.1 Å². The Morgan fingerprint density at radius 1 is 1.00 bits per heavy atom. The summed E-state index contributed by atoms with van der Waals surface area (Å²) in [6.45, 7) is 1.35. The summed E-state index contributed by atoms with van der Waals surface area (Å²) in [5.41, 5.74) is 1.86. The van der Waals surface area contributed by atoms with Gasteiger partial charge in [0.25, 0.3) is 0 Å². The van der Waals surface area contributed by atoms with Gasteiger partial charge in [0, 0.05) is 24.6 Å². The van der Waals surface area contributed by atoms with E-state index in [1.807, 2.05) is 24.3 Å². The van der Waals surface area contributed by atoms with E-state index in [1.54, 1.807) is 6.92 Å². The molecular formula is C25H25F2N5O3S. The number of aromatic nitrogens is 3. The predicted molar refractivity (Wildman–Crippen MR) is 134 cm³/mol. The molecule has 0 bridgehead atoms. The standard InChI is InChI=1S/C25H25F2N5O3S/c1-12-20(24-31-17-7-2-3-8-19(17)36-24)23(30-18-9-13(11-33)21(34)22(18)35)32-25(29-12)28-10-14-15(26)5-4-6-16(14)27/h2-8,13,18,21-22,33-35H,9-11H2,1H3,(H2,28,29,30,32)/t13-,18-,21-,22+/m1/s1. The van der Waals surface area contributed by atoms with E-state index >= 15 is 0 Å². The van der Waals surface area contributed by atoms with Crippen molar-refractivity contribution in [1.82, 2.24) is 15.0 Å². The second kappa shape index (κ2) is 10.0. The quantitative estimate of drug-likeness (QED) is 0.255. The molecule has 2 aromatic heterocycles. The molecule has 188 valence electrons. The lowest BCUT2D eigenvalue weighted by molar-refractivity contribution is 0.00446. The highest BCUT2D eigenvalue weighted by Gasteiger charge is 2.41. The lowest BCUT2D eigenvalue weighted by atomic mass is 10.1. The van der Waals surface area contributed by atoms with Crippen LogP contribution in [0.4, 0.5) is 20.5 Å². The average molecular weight is 514 g/mol. The Hall–Kier alpha value is -3.25. The lowest BCUT2D eigenvalue weighted by Gasteiger charge is -2.21. The van der Waals surface area contributed by atoms with Crippen LogP contribution < -0.4 is 10.6 Å². The predicted octanol–water partition coefficient (Wildman–Crippen LogP) is 3.47. The van der Waals surface area contributed by atoms with Gasteiger partial charge in [-0.2, -0.15) is 4.98 Å². The van der Waals surface area contributed by atoms with Gasteiger partial charge in [-0.15, -0.1) is 11.3 Å². The van der Waals surface area contributed by atoms with E-state index in [4.69, 9.17) is 4.98 Å². The molecule has 1 aliphatic carbocycles. The van der Waals surface area contributed by atoms with Crippen LogP contribution in [0.2, 0.25) is 0 Å². The summed E-state index contributed by atoms with van der Waals surface area (Å²) in [6, 6.07) is 10.8. The number of aliphatic hydroxyl groups excluding tert-OH is 3. The average Bonchev–Trinajstić information content (AvgIpc) is 3.39. The fraction of sp³-hybridized carbons (Fsp3) is 0.320. The Balaban J connectivity index is 1.52. The Morgan fingerprint density at radius 3 is 2.44 bits per heavy atom. The van der Waals surface area contributed by atoms with Gasteiger partial charge >= 0.3 is 0 Å². The Morgan fingerprint density at radius 2 is 1.75 bits per heavy atom. The number of para-hydroxylation sites is 1.